The van der Waals surface area contributed by atoms with Crippen LogP contribution in [0.15, 0.2) is 133 Å². The second-order valence-corrected chi connectivity index (χ2v) is 8.81. The average molecular weight is 467 g/mol. The summed E-state index contributed by atoms with van der Waals surface area (Å²) in [6, 6.07) is 45.9. The summed E-state index contributed by atoms with van der Waals surface area (Å²) in [7, 11) is 0. The van der Waals surface area contributed by atoms with Crippen LogP contribution in [0, 0.1) is 0 Å². The Morgan fingerprint density at radius 2 is 0.750 bits per heavy atom. The lowest BCUT2D eigenvalue weighted by Crippen LogP contribution is -2.19. The van der Waals surface area contributed by atoms with Gasteiger partial charge in [-0.2, -0.15) is 10.2 Å². The standard InChI is InChI=1S/C32H26N4/c1-24(35-31(27-18-10-4-11-19-27)22-29(33-35)25-14-6-2-7-15-25)36-32(28-20-12-5-13-21-28)23-30(34-36)26-16-8-3-9-17-26/h2-24H,1H3. The quantitative estimate of drug-likeness (QED) is 0.251. The molecule has 174 valence electrons. The first-order chi connectivity index (χ1) is 17.8. The number of benzene rings is 4. The molecule has 0 saturated carbocycles. The summed E-state index contributed by atoms with van der Waals surface area (Å²) in [4.78, 5) is 0. The van der Waals surface area contributed by atoms with E-state index in [0.717, 1.165) is 45.0 Å². The maximum Gasteiger partial charge on any atom is 0.142 e. The van der Waals surface area contributed by atoms with E-state index in [1.165, 1.54) is 0 Å². The van der Waals surface area contributed by atoms with Crippen LogP contribution >= 0.6 is 0 Å². The predicted octanol–water partition coefficient (Wildman–Crippen LogP) is 7.81. The molecular weight excluding hydrogens is 440 g/mol. The van der Waals surface area contributed by atoms with E-state index >= 15 is 0 Å². The largest absolute Gasteiger partial charge is 0.240 e. The van der Waals surface area contributed by atoms with Gasteiger partial charge in [0.15, 0.2) is 0 Å². The van der Waals surface area contributed by atoms with Gasteiger partial charge in [0.2, 0.25) is 0 Å². The third kappa shape index (κ3) is 4.14. The fraction of sp³-hybridized carbons (Fsp3) is 0.0625. The Bertz CT molecular complexity index is 1450. The molecule has 0 aliphatic carbocycles. The van der Waals surface area contributed by atoms with Gasteiger partial charge in [0, 0.05) is 11.1 Å². The molecule has 0 fully saturated rings. The van der Waals surface area contributed by atoms with Crippen LogP contribution in [0.5, 0.6) is 0 Å². The highest BCUT2D eigenvalue weighted by molar-refractivity contribution is 5.70. The monoisotopic (exact) mass is 466 g/mol. The van der Waals surface area contributed by atoms with Crippen molar-refractivity contribution in [1.29, 1.82) is 0 Å². The third-order valence-corrected chi connectivity index (χ3v) is 6.46. The van der Waals surface area contributed by atoms with Crippen LogP contribution in [0.1, 0.15) is 13.1 Å². The number of hydrogen-bond donors (Lipinski definition) is 0. The van der Waals surface area contributed by atoms with E-state index in [9.17, 15) is 0 Å². The van der Waals surface area contributed by atoms with Gasteiger partial charge in [-0.25, -0.2) is 9.36 Å². The highest BCUT2D eigenvalue weighted by Gasteiger charge is 2.22. The Labute approximate surface area is 211 Å². The van der Waals surface area contributed by atoms with Gasteiger partial charge >= 0.3 is 0 Å². The van der Waals surface area contributed by atoms with Gasteiger partial charge in [-0.1, -0.05) is 121 Å². The van der Waals surface area contributed by atoms with E-state index in [2.05, 4.69) is 101 Å². The molecular formula is C32H26N4. The third-order valence-electron chi connectivity index (χ3n) is 6.46. The van der Waals surface area contributed by atoms with E-state index in [1.807, 2.05) is 48.5 Å². The molecule has 0 aliphatic rings. The molecule has 0 unspecified atom stereocenters. The molecule has 0 radical (unpaired) electrons. The van der Waals surface area contributed by atoms with Gasteiger partial charge in [0.1, 0.15) is 6.17 Å². The highest BCUT2D eigenvalue weighted by Crippen LogP contribution is 2.33. The summed E-state index contributed by atoms with van der Waals surface area (Å²) in [6.45, 7) is 2.16. The van der Waals surface area contributed by atoms with Gasteiger partial charge in [0.25, 0.3) is 0 Å². The predicted molar refractivity (Wildman–Crippen MR) is 146 cm³/mol. The number of hydrogen-bond acceptors (Lipinski definition) is 2. The summed E-state index contributed by atoms with van der Waals surface area (Å²) in [5.74, 6) is 0. The van der Waals surface area contributed by atoms with Gasteiger partial charge in [-0.3, -0.25) is 0 Å². The minimum Gasteiger partial charge on any atom is -0.240 e. The first kappa shape index (κ1) is 21.8. The molecule has 0 amide bonds. The van der Waals surface area contributed by atoms with E-state index in [0.29, 0.717) is 0 Å². The average Bonchev–Trinajstić information content (AvgIpc) is 3.61. The fourth-order valence-electron chi connectivity index (χ4n) is 4.61. The van der Waals surface area contributed by atoms with Crippen LogP contribution < -0.4 is 0 Å². The van der Waals surface area contributed by atoms with Crippen molar-refractivity contribution < 1.29 is 0 Å². The van der Waals surface area contributed by atoms with E-state index < -0.39 is 0 Å². The Kier molecular flexibility index (Phi) is 5.76. The van der Waals surface area contributed by atoms with Gasteiger partial charge < -0.3 is 0 Å². The summed E-state index contributed by atoms with van der Waals surface area (Å²) in [6.07, 6.45) is -0.162. The van der Waals surface area contributed by atoms with Gasteiger partial charge in [0.05, 0.1) is 22.8 Å². The molecule has 4 nitrogen and oxygen atoms in total. The molecule has 0 atom stereocenters. The summed E-state index contributed by atoms with van der Waals surface area (Å²) in [5.41, 5.74) is 8.42. The molecule has 2 aromatic heterocycles. The van der Waals surface area contributed by atoms with Crippen molar-refractivity contribution in [1.82, 2.24) is 19.6 Å². The topological polar surface area (TPSA) is 35.6 Å². The molecule has 0 saturated heterocycles. The zero-order valence-corrected chi connectivity index (χ0v) is 20.1. The molecule has 2 heterocycles. The SMILES string of the molecule is CC(n1nc(-c2ccccc2)cc1-c1ccccc1)n1nc(-c2ccccc2)cc1-c1ccccc1. The van der Waals surface area contributed by atoms with Crippen LogP contribution in [-0.2, 0) is 0 Å². The van der Waals surface area contributed by atoms with Crippen molar-refractivity contribution in [2.75, 3.05) is 0 Å². The molecule has 6 aromatic rings. The molecule has 0 spiro atoms. The lowest BCUT2D eigenvalue weighted by molar-refractivity contribution is 0.400. The van der Waals surface area contributed by atoms with Gasteiger partial charge in [-0.05, 0) is 30.2 Å². The molecule has 4 aromatic carbocycles. The van der Waals surface area contributed by atoms with Crippen molar-refractivity contribution in [3.05, 3.63) is 133 Å². The summed E-state index contributed by atoms with van der Waals surface area (Å²) < 4.78 is 4.18. The second kappa shape index (κ2) is 9.51. The van der Waals surface area contributed by atoms with Crippen molar-refractivity contribution in [3.63, 3.8) is 0 Å². The zero-order valence-electron chi connectivity index (χ0n) is 20.1. The maximum absolute atomic E-state index is 5.11. The van der Waals surface area contributed by atoms with E-state index in [-0.39, 0.29) is 6.17 Å². The highest BCUT2D eigenvalue weighted by atomic mass is 15.5. The first-order valence-electron chi connectivity index (χ1n) is 12.2. The van der Waals surface area contributed by atoms with Crippen LogP contribution in [0.2, 0.25) is 0 Å². The second-order valence-electron chi connectivity index (χ2n) is 8.81. The normalized spacial score (nSPS) is 11.2. The maximum atomic E-state index is 5.11. The lowest BCUT2D eigenvalue weighted by atomic mass is 10.1. The number of nitrogens with zero attached hydrogens (tertiary/aromatic N) is 4. The molecule has 6 rings (SSSR count). The van der Waals surface area contributed by atoms with Crippen LogP contribution in [0.3, 0.4) is 0 Å². The Morgan fingerprint density at radius 3 is 1.08 bits per heavy atom. The molecule has 0 bridgehead atoms. The number of aromatic nitrogens is 4. The van der Waals surface area contributed by atoms with E-state index in [1.54, 1.807) is 0 Å². The van der Waals surface area contributed by atoms with Crippen molar-refractivity contribution in [2.24, 2.45) is 0 Å². The minimum absolute atomic E-state index is 0.162. The number of rotatable bonds is 6. The molecule has 0 aliphatic heterocycles. The summed E-state index contributed by atoms with van der Waals surface area (Å²) >= 11 is 0. The van der Waals surface area contributed by atoms with Crippen molar-refractivity contribution >= 4 is 0 Å². The smallest absolute Gasteiger partial charge is 0.142 e. The molecule has 4 heteroatoms. The summed E-state index contributed by atoms with van der Waals surface area (Å²) in [5, 5.41) is 10.2. The van der Waals surface area contributed by atoms with Gasteiger partial charge in [-0.15, -0.1) is 0 Å². The lowest BCUT2D eigenvalue weighted by Gasteiger charge is -2.19. The molecule has 36 heavy (non-hydrogen) atoms. The first-order valence-corrected chi connectivity index (χ1v) is 12.2. The Morgan fingerprint density at radius 1 is 0.444 bits per heavy atom. The minimum atomic E-state index is -0.162. The fourth-order valence-corrected chi connectivity index (χ4v) is 4.61. The van der Waals surface area contributed by atoms with Crippen LogP contribution in [-0.4, -0.2) is 19.6 Å². The molecule has 0 N–H and O–H groups in total. The van der Waals surface area contributed by atoms with Crippen LogP contribution in [0.25, 0.3) is 45.0 Å². The van der Waals surface area contributed by atoms with Crippen molar-refractivity contribution in [2.45, 2.75) is 13.1 Å². The van der Waals surface area contributed by atoms with E-state index in [4.69, 9.17) is 10.2 Å². The Hall–Kier alpha value is -4.70. The zero-order chi connectivity index (χ0) is 24.3. The van der Waals surface area contributed by atoms with Crippen molar-refractivity contribution in [3.8, 4) is 45.0 Å². The van der Waals surface area contributed by atoms with Crippen LogP contribution in [0.4, 0.5) is 0 Å². The Balaban J connectivity index is 1.53.